The van der Waals surface area contributed by atoms with E-state index in [9.17, 15) is 9.59 Å². The summed E-state index contributed by atoms with van der Waals surface area (Å²) in [6, 6.07) is 7.38. The van der Waals surface area contributed by atoms with Gasteiger partial charge in [0, 0.05) is 17.1 Å². The van der Waals surface area contributed by atoms with Crippen LogP contribution in [0.1, 0.15) is 47.3 Å². The number of ether oxygens (including phenoxy) is 1. The second kappa shape index (κ2) is 6.23. The number of nitrogens with one attached hydrogen (secondary N) is 1. The lowest BCUT2D eigenvalue weighted by Crippen LogP contribution is -2.14. The molecule has 0 saturated carbocycles. The Bertz CT molecular complexity index is 687. The van der Waals surface area contributed by atoms with Gasteiger partial charge in [-0.3, -0.25) is 10.1 Å². The molecule has 116 valence electrons. The molecule has 7 heteroatoms. The third-order valence-electron chi connectivity index (χ3n) is 3.03. The number of anilines is 1. The lowest BCUT2D eigenvalue weighted by molar-refractivity contribution is 0.0588. The van der Waals surface area contributed by atoms with E-state index >= 15 is 0 Å². The van der Waals surface area contributed by atoms with E-state index in [0.29, 0.717) is 5.56 Å². The molecular weight excluding hydrogens is 302 g/mol. The highest BCUT2D eigenvalue weighted by atomic mass is 32.1. The van der Waals surface area contributed by atoms with Crippen LogP contribution in [0.2, 0.25) is 0 Å². The van der Waals surface area contributed by atoms with E-state index in [0.717, 1.165) is 17.1 Å². The van der Waals surface area contributed by atoms with Crippen molar-refractivity contribution in [3.05, 3.63) is 41.2 Å². The number of carbonyl (C=O) groups is 2. The number of carbonyl (C=O) groups excluding carboxylic acids is 2. The fourth-order valence-corrected chi connectivity index (χ4v) is 2.29. The molecule has 22 heavy (non-hydrogen) atoms. The molecule has 6 nitrogen and oxygen atoms in total. The maximum atomic E-state index is 12.1. The topological polar surface area (TPSA) is 81.2 Å². The van der Waals surface area contributed by atoms with Gasteiger partial charge in [-0.05, 0) is 23.1 Å². The van der Waals surface area contributed by atoms with Crippen molar-refractivity contribution >= 4 is 28.5 Å². The second-order valence-corrected chi connectivity index (χ2v) is 6.45. The molecule has 0 aliphatic rings. The van der Waals surface area contributed by atoms with Gasteiger partial charge >= 0.3 is 5.97 Å². The molecule has 2 rings (SSSR count). The lowest BCUT2D eigenvalue weighted by Gasteiger charge is -2.18. The van der Waals surface area contributed by atoms with Crippen LogP contribution in [0.25, 0.3) is 0 Å². The number of benzene rings is 1. The van der Waals surface area contributed by atoms with Gasteiger partial charge < -0.3 is 4.74 Å². The van der Waals surface area contributed by atoms with E-state index in [1.165, 1.54) is 7.11 Å². The Labute approximate surface area is 132 Å². The molecule has 0 saturated heterocycles. The number of esters is 1. The molecule has 0 fully saturated rings. The van der Waals surface area contributed by atoms with Crippen molar-refractivity contribution in [1.29, 1.82) is 0 Å². The summed E-state index contributed by atoms with van der Waals surface area (Å²) in [4.78, 5) is 27.3. The Kier molecular flexibility index (Phi) is 4.56. The quantitative estimate of drug-likeness (QED) is 0.880. The number of amides is 1. The van der Waals surface area contributed by atoms with Crippen molar-refractivity contribution in [2.75, 3.05) is 12.4 Å². The monoisotopic (exact) mass is 319 g/mol. The van der Waals surface area contributed by atoms with E-state index in [4.69, 9.17) is 0 Å². The number of nitrogens with zero attached hydrogens (tertiary/aromatic N) is 2. The maximum absolute atomic E-state index is 12.1. The third-order valence-corrected chi connectivity index (χ3v) is 3.66. The molecule has 0 radical (unpaired) electrons. The van der Waals surface area contributed by atoms with Crippen LogP contribution in [-0.2, 0) is 10.2 Å². The smallest absolute Gasteiger partial charge is 0.377 e. The van der Waals surface area contributed by atoms with Crippen molar-refractivity contribution in [2.24, 2.45) is 0 Å². The highest BCUT2D eigenvalue weighted by Gasteiger charge is 2.17. The van der Waals surface area contributed by atoms with Crippen molar-refractivity contribution in [3.8, 4) is 0 Å². The van der Waals surface area contributed by atoms with Crippen LogP contribution in [0, 0.1) is 0 Å². The highest BCUT2D eigenvalue weighted by Crippen LogP contribution is 2.22. The largest absolute Gasteiger partial charge is 0.463 e. The average molecular weight is 319 g/mol. The molecule has 1 aromatic carbocycles. The summed E-state index contributed by atoms with van der Waals surface area (Å²) in [6.07, 6.45) is 0. The fourth-order valence-electron chi connectivity index (χ4n) is 1.74. The number of aromatic nitrogens is 2. The normalized spacial score (nSPS) is 11.1. The number of hydrogen-bond acceptors (Lipinski definition) is 6. The van der Waals surface area contributed by atoms with E-state index in [1.54, 1.807) is 12.1 Å². The first-order valence-electron chi connectivity index (χ1n) is 6.65. The van der Waals surface area contributed by atoms with Crippen LogP contribution in [0.4, 0.5) is 5.13 Å². The zero-order chi connectivity index (χ0) is 16.3. The minimum atomic E-state index is -0.633. The van der Waals surface area contributed by atoms with Gasteiger partial charge in [0.15, 0.2) is 0 Å². The summed E-state index contributed by atoms with van der Waals surface area (Å²) < 4.78 is 8.34. The predicted octanol–water partition coefficient (Wildman–Crippen LogP) is 2.87. The summed E-state index contributed by atoms with van der Waals surface area (Å²) in [6.45, 7) is 6.33. The van der Waals surface area contributed by atoms with Gasteiger partial charge in [0.2, 0.25) is 5.13 Å². The van der Waals surface area contributed by atoms with Crippen LogP contribution in [-0.4, -0.2) is 28.3 Å². The molecule has 0 spiro atoms. The number of methoxy groups -OCH3 is 1. The van der Waals surface area contributed by atoms with Gasteiger partial charge in [-0.2, -0.15) is 9.36 Å². The van der Waals surface area contributed by atoms with Crippen molar-refractivity contribution in [3.63, 3.8) is 0 Å². The Morgan fingerprint density at radius 1 is 1.18 bits per heavy atom. The molecule has 1 amide bonds. The van der Waals surface area contributed by atoms with Crippen LogP contribution >= 0.6 is 11.5 Å². The van der Waals surface area contributed by atoms with E-state index in [-0.39, 0.29) is 22.3 Å². The van der Waals surface area contributed by atoms with Gasteiger partial charge in [0.1, 0.15) is 0 Å². The number of rotatable bonds is 3. The van der Waals surface area contributed by atoms with Gasteiger partial charge in [0.25, 0.3) is 11.7 Å². The zero-order valence-corrected chi connectivity index (χ0v) is 13.7. The first-order valence-corrected chi connectivity index (χ1v) is 7.42. The van der Waals surface area contributed by atoms with E-state index in [1.807, 2.05) is 12.1 Å². The number of hydrogen-bond donors (Lipinski definition) is 1. The summed E-state index contributed by atoms with van der Waals surface area (Å²) in [5, 5.41) is 2.87. The first kappa shape index (κ1) is 16.1. The molecule has 1 N–H and O–H groups in total. The molecular formula is C15H17N3O3S. The molecule has 0 bridgehead atoms. The first-order chi connectivity index (χ1) is 10.3. The van der Waals surface area contributed by atoms with Crippen LogP contribution in [0.3, 0.4) is 0 Å². The minimum absolute atomic E-state index is 0.0314. The summed E-state index contributed by atoms with van der Waals surface area (Å²) in [5.41, 5.74) is 1.69. The van der Waals surface area contributed by atoms with E-state index < -0.39 is 5.97 Å². The second-order valence-electron chi connectivity index (χ2n) is 5.70. The summed E-state index contributed by atoms with van der Waals surface area (Å²) >= 11 is 0.930. The average Bonchev–Trinajstić information content (AvgIpc) is 2.94. The summed E-state index contributed by atoms with van der Waals surface area (Å²) in [7, 11) is 1.25. The van der Waals surface area contributed by atoms with Gasteiger partial charge in [-0.25, -0.2) is 4.79 Å². The van der Waals surface area contributed by atoms with Crippen molar-refractivity contribution < 1.29 is 14.3 Å². The third kappa shape index (κ3) is 3.67. The molecule has 0 atom stereocenters. The predicted molar refractivity (Wildman–Crippen MR) is 84.3 cm³/mol. The standard InChI is InChI=1S/C15H17N3O3S/c1-15(2,3)10-7-5-9(6-8-10)12(19)17-14-16-11(18-22-14)13(20)21-4/h5-8H,1-4H3,(H,16,17,18,19). The van der Waals surface area contributed by atoms with Crippen LogP contribution in [0.15, 0.2) is 24.3 Å². The molecule has 1 aromatic heterocycles. The Hall–Kier alpha value is -2.28. The minimum Gasteiger partial charge on any atom is -0.463 e. The van der Waals surface area contributed by atoms with E-state index in [2.05, 4.69) is 40.2 Å². The lowest BCUT2D eigenvalue weighted by atomic mass is 9.87. The molecule has 1 heterocycles. The molecule has 2 aromatic rings. The molecule has 0 aliphatic carbocycles. The SMILES string of the molecule is COC(=O)c1nsc(NC(=O)c2ccc(C(C)(C)C)cc2)n1. The highest BCUT2D eigenvalue weighted by molar-refractivity contribution is 7.10. The molecule has 0 unspecified atom stereocenters. The Balaban J connectivity index is 2.09. The van der Waals surface area contributed by atoms with Gasteiger partial charge in [-0.1, -0.05) is 32.9 Å². The molecule has 0 aliphatic heterocycles. The van der Waals surface area contributed by atoms with Crippen LogP contribution in [0.5, 0.6) is 0 Å². The Morgan fingerprint density at radius 3 is 2.36 bits per heavy atom. The van der Waals surface area contributed by atoms with Crippen molar-refractivity contribution in [1.82, 2.24) is 9.36 Å². The van der Waals surface area contributed by atoms with Gasteiger partial charge in [-0.15, -0.1) is 0 Å². The summed E-state index contributed by atoms with van der Waals surface area (Å²) in [5.74, 6) is -0.995. The maximum Gasteiger partial charge on any atom is 0.377 e. The zero-order valence-electron chi connectivity index (χ0n) is 12.8. The van der Waals surface area contributed by atoms with Crippen LogP contribution < -0.4 is 5.32 Å². The Morgan fingerprint density at radius 2 is 1.82 bits per heavy atom. The van der Waals surface area contributed by atoms with Crippen molar-refractivity contribution in [2.45, 2.75) is 26.2 Å². The van der Waals surface area contributed by atoms with Gasteiger partial charge in [0.05, 0.1) is 7.11 Å². The fraction of sp³-hybridized carbons (Fsp3) is 0.333.